The molecule has 20 heavy (non-hydrogen) atoms. The van der Waals surface area contributed by atoms with Crippen LogP contribution in [0.15, 0.2) is 0 Å². The lowest BCUT2D eigenvalue weighted by atomic mass is 9.83. The molecule has 5 atom stereocenters. The summed E-state index contributed by atoms with van der Waals surface area (Å²) in [5.41, 5.74) is 0. The zero-order valence-electron chi connectivity index (χ0n) is 12.5. The fourth-order valence-electron chi connectivity index (χ4n) is 2.43. The Hall–Kier alpha value is 0.240. The molecule has 1 saturated carbocycles. The number of rotatable bonds is 9. The molecule has 0 aromatic heterocycles. The molecule has 0 N–H and O–H groups in total. The second-order valence-electron chi connectivity index (χ2n) is 4.84. The molecule has 7 heteroatoms. The molecule has 0 aromatic carbocycles. The lowest BCUT2D eigenvalue weighted by Crippen LogP contribution is -2.55. The molecule has 0 amide bonds. The molecular weight excluding hydrogens is 332 g/mol. The molecule has 1 aliphatic carbocycles. The maximum atomic E-state index is 5.78. The predicted octanol–water partition coefficient (Wildman–Crippen LogP) is 1.76. The Morgan fingerprint density at radius 1 is 0.800 bits per heavy atom. The molecule has 1 aliphatic rings. The third kappa shape index (κ3) is 5.22. The van der Waals surface area contributed by atoms with E-state index in [1.165, 1.54) is 0 Å². The minimum atomic E-state index is -0.242. The van der Waals surface area contributed by atoms with Crippen molar-refractivity contribution in [3.8, 4) is 0 Å². The second-order valence-corrected chi connectivity index (χ2v) is 6.02. The molecule has 0 saturated heterocycles. The highest BCUT2D eigenvalue weighted by atomic mass is 79.9. The Kier molecular flexibility index (Phi) is 9.19. The molecular formula is C13H25BrO6. The summed E-state index contributed by atoms with van der Waals surface area (Å²) in [6.45, 7) is 2.76. The van der Waals surface area contributed by atoms with Gasteiger partial charge in [0.2, 0.25) is 0 Å². The smallest absolute Gasteiger partial charge is 0.146 e. The van der Waals surface area contributed by atoms with E-state index >= 15 is 0 Å². The Balaban J connectivity index is 2.75. The summed E-state index contributed by atoms with van der Waals surface area (Å²) in [6, 6.07) is 0. The summed E-state index contributed by atoms with van der Waals surface area (Å²) < 4.78 is 32.3. The van der Waals surface area contributed by atoms with Crippen molar-refractivity contribution < 1.29 is 28.4 Å². The summed E-state index contributed by atoms with van der Waals surface area (Å²) >= 11 is 3.67. The largest absolute Gasteiger partial charge is 0.359 e. The molecule has 0 unspecified atom stereocenters. The third-order valence-corrected chi connectivity index (χ3v) is 4.19. The van der Waals surface area contributed by atoms with Crippen molar-refractivity contribution in [1.29, 1.82) is 0 Å². The standard InChI is InChI=1S/C13H25BrO6/c1-9-5-10(14)12(19-7-16-3)13(20-8-17-4)11(9)18-6-15-2/h9-13H,5-8H2,1-4H3/t9-,10-,11+,12+,13+/m0/s1. The minimum Gasteiger partial charge on any atom is -0.359 e. The first-order valence-corrected chi connectivity index (χ1v) is 7.52. The zero-order valence-corrected chi connectivity index (χ0v) is 14.1. The van der Waals surface area contributed by atoms with E-state index in [1.54, 1.807) is 21.3 Å². The number of hydrogen-bond donors (Lipinski definition) is 0. The van der Waals surface area contributed by atoms with Gasteiger partial charge in [-0.25, -0.2) is 0 Å². The lowest BCUT2D eigenvalue weighted by molar-refractivity contribution is -0.229. The van der Waals surface area contributed by atoms with Crippen LogP contribution >= 0.6 is 15.9 Å². The first-order chi connectivity index (χ1) is 9.65. The van der Waals surface area contributed by atoms with Crippen LogP contribution in [-0.4, -0.2) is 64.8 Å². The third-order valence-electron chi connectivity index (χ3n) is 3.30. The summed E-state index contributed by atoms with van der Waals surface area (Å²) in [7, 11) is 4.79. The Morgan fingerprint density at radius 3 is 1.75 bits per heavy atom. The highest BCUT2D eigenvalue weighted by Crippen LogP contribution is 2.35. The Morgan fingerprint density at radius 2 is 1.25 bits per heavy atom. The monoisotopic (exact) mass is 356 g/mol. The van der Waals surface area contributed by atoms with Crippen LogP contribution < -0.4 is 0 Å². The number of alkyl halides is 1. The Bertz CT molecular complexity index is 235. The maximum Gasteiger partial charge on any atom is 0.146 e. The molecule has 1 rings (SSSR count). The van der Waals surface area contributed by atoms with E-state index in [0.29, 0.717) is 5.92 Å². The number of methoxy groups -OCH3 is 3. The van der Waals surface area contributed by atoms with E-state index in [-0.39, 0.29) is 43.5 Å². The van der Waals surface area contributed by atoms with E-state index in [9.17, 15) is 0 Å². The van der Waals surface area contributed by atoms with Gasteiger partial charge in [-0.2, -0.15) is 0 Å². The highest BCUT2D eigenvalue weighted by Gasteiger charge is 2.44. The van der Waals surface area contributed by atoms with Gasteiger partial charge in [-0.05, 0) is 12.3 Å². The molecule has 0 bridgehead atoms. The molecule has 120 valence electrons. The molecule has 0 aromatic rings. The van der Waals surface area contributed by atoms with Gasteiger partial charge >= 0.3 is 0 Å². The number of hydrogen-bond acceptors (Lipinski definition) is 6. The van der Waals surface area contributed by atoms with Gasteiger partial charge < -0.3 is 28.4 Å². The minimum absolute atomic E-state index is 0.110. The predicted molar refractivity (Wildman–Crippen MR) is 76.7 cm³/mol. The normalized spacial score (nSPS) is 34.4. The fourth-order valence-corrected chi connectivity index (χ4v) is 3.47. The fraction of sp³-hybridized carbons (Fsp3) is 1.00. The van der Waals surface area contributed by atoms with Crippen LogP contribution in [0.25, 0.3) is 0 Å². The first kappa shape index (κ1) is 18.3. The molecule has 1 fully saturated rings. The lowest BCUT2D eigenvalue weighted by Gasteiger charge is -2.43. The van der Waals surface area contributed by atoms with Crippen molar-refractivity contribution in [2.45, 2.75) is 36.5 Å². The van der Waals surface area contributed by atoms with E-state index in [2.05, 4.69) is 22.9 Å². The van der Waals surface area contributed by atoms with Gasteiger partial charge in [0, 0.05) is 26.2 Å². The van der Waals surface area contributed by atoms with E-state index < -0.39 is 0 Å². The topological polar surface area (TPSA) is 55.4 Å². The molecule has 0 aliphatic heterocycles. The van der Waals surface area contributed by atoms with Crippen molar-refractivity contribution in [3.05, 3.63) is 0 Å². The summed E-state index contributed by atoms with van der Waals surface area (Å²) in [5.74, 6) is 0.318. The molecule has 0 spiro atoms. The van der Waals surface area contributed by atoms with E-state index in [4.69, 9.17) is 28.4 Å². The van der Waals surface area contributed by atoms with Crippen molar-refractivity contribution in [1.82, 2.24) is 0 Å². The van der Waals surface area contributed by atoms with Gasteiger partial charge in [-0.1, -0.05) is 22.9 Å². The van der Waals surface area contributed by atoms with Gasteiger partial charge in [0.05, 0.1) is 6.10 Å². The maximum absolute atomic E-state index is 5.78. The highest BCUT2D eigenvalue weighted by molar-refractivity contribution is 9.09. The van der Waals surface area contributed by atoms with Crippen molar-refractivity contribution in [3.63, 3.8) is 0 Å². The zero-order chi connectivity index (χ0) is 15.0. The van der Waals surface area contributed by atoms with Gasteiger partial charge in [0.25, 0.3) is 0 Å². The quantitative estimate of drug-likeness (QED) is 0.463. The number of ether oxygens (including phenoxy) is 6. The van der Waals surface area contributed by atoms with E-state index in [0.717, 1.165) is 6.42 Å². The van der Waals surface area contributed by atoms with Gasteiger partial charge in [-0.3, -0.25) is 0 Å². The van der Waals surface area contributed by atoms with Crippen LogP contribution in [0.4, 0.5) is 0 Å². The van der Waals surface area contributed by atoms with Crippen molar-refractivity contribution in [2.24, 2.45) is 5.92 Å². The van der Waals surface area contributed by atoms with Gasteiger partial charge in [0.15, 0.2) is 0 Å². The average Bonchev–Trinajstić information content (AvgIpc) is 2.43. The van der Waals surface area contributed by atoms with Crippen molar-refractivity contribution in [2.75, 3.05) is 41.7 Å². The summed E-state index contributed by atoms with van der Waals surface area (Å²) in [5, 5.41) is 0. The van der Waals surface area contributed by atoms with Gasteiger partial charge in [-0.15, -0.1) is 0 Å². The van der Waals surface area contributed by atoms with Crippen LogP contribution in [0.5, 0.6) is 0 Å². The Labute approximate surface area is 129 Å². The van der Waals surface area contributed by atoms with E-state index in [1.807, 2.05) is 0 Å². The SMILES string of the molecule is COCO[C@@H]1[C@H](OCOC)[C@@H](C)C[C@H](Br)[C@H]1OCOC. The molecule has 0 radical (unpaired) electrons. The first-order valence-electron chi connectivity index (χ1n) is 6.61. The van der Waals surface area contributed by atoms with Crippen molar-refractivity contribution >= 4 is 15.9 Å². The van der Waals surface area contributed by atoms with Crippen LogP contribution in [0.2, 0.25) is 0 Å². The summed E-state index contributed by atoms with van der Waals surface area (Å²) in [6.07, 6.45) is 0.410. The van der Waals surface area contributed by atoms with Crippen LogP contribution in [-0.2, 0) is 28.4 Å². The molecule has 6 nitrogen and oxygen atoms in total. The van der Waals surface area contributed by atoms with Gasteiger partial charge in [0.1, 0.15) is 32.6 Å². The second kappa shape index (κ2) is 10.0. The van der Waals surface area contributed by atoms with Crippen LogP contribution in [0.3, 0.4) is 0 Å². The average molecular weight is 357 g/mol. The molecule has 0 heterocycles. The van der Waals surface area contributed by atoms with Crippen LogP contribution in [0, 0.1) is 5.92 Å². The number of halogens is 1. The van der Waals surface area contributed by atoms with Crippen LogP contribution in [0.1, 0.15) is 13.3 Å². The summed E-state index contributed by atoms with van der Waals surface area (Å²) in [4.78, 5) is 0.178.